The van der Waals surface area contributed by atoms with Gasteiger partial charge in [0.15, 0.2) is 9.84 Å². The largest absolute Gasteiger partial charge is 0.497 e. The summed E-state index contributed by atoms with van der Waals surface area (Å²) in [5.74, 6) is 1.19. The standard InChI is InChI=1S/C15H24BrNO3S/c1-5-17(12(3)11-21(18,19)6-2)10-13-9-14(20-4)7-8-15(13)16/h7-9,12H,5-6,10-11H2,1-4H3/t12-/m1/s1. The van der Waals surface area contributed by atoms with Crippen molar-refractivity contribution < 1.29 is 13.2 Å². The molecule has 120 valence electrons. The second-order valence-electron chi connectivity index (χ2n) is 5.07. The van der Waals surface area contributed by atoms with Crippen molar-refractivity contribution in [3.05, 3.63) is 28.2 Å². The Morgan fingerprint density at radius 1 is 1.33 bits per heavy atom. The van der Waals surface area contributed by atoms with Crippen LogP contribution < -0.4 is 4.74 Å². The number of methoxy groups -OCH3 is 1. The number of ether oxygens (including phenoxy) is 1. The molecule has 21 heavy (non-hydrogen) atoms. The van der Waals surface area contributed by atoms with Crippen LogP contribution in [0.3, 0.4) is 0 Å². The van der Waals surface area contributed by atoms with E-state index in [2.05, 4.69) is 20.8 Å². The fourth-order valence-electron chi connectivity index (χ4n) is 2.19. The predicted molar refractivity (Wildman–Crippen MR) is 90.6 cm³/mol. The Bertz CT molecular complexity index is 560. The van der Waals surface area contributed by atoms with E-state index in [1.165, 1.54) is 0 Å². The fraction of sp³-hybridized carbons (Fsp3) is 0.600. The molecule has 0 N–H and O–H groups in total. The molecule has 1 aromatic rings. The van der Waals surface area contributed by atoms with Crippen LogP contribution in [-0.4, -0.2) is 44.5 Å². The highest BCUT2D eigenvalue weighted by Gasteiger charge is 2.20. The van der Waals surface area contributed by atoms with Gasteiger partial charge in [-0.1, -0.05) is 29.8 Å². The van der Waals surface area contributed by atoms with Crippen molar-refractivity contribution in [2.24, 2.45) is 0 Å². The van der Waals surface area contributed by atoms with Crippen LogP contribution in [0.15, 0.2) is 22.7 Å². The second-order valence-corrected chi connectivity index (χ2v) is 8.32. The van der Waals surface area contributed by atoms with Gasteiger partial charge in [-0.05, 0) is 37.2 Å². The molecule has 1 aromatic carbocycles. The van der Waals surface area contributed by atoms with Crippen LogP contribution in [0.4, 0.5) is 0 Å². The van der Waals surface area contributed by atoms with Crippen LogP contribution in [0, 0.1) is 0 Å². The van der Waals surface area contributed by atoms with Gasteiger partial charge in [0.25, 0.3) is 0 Å². The van der Waals surface area contributed by atoms with Crippen molar-refractivity contribution in [1.29, 1.82) is 0 Å². The Balaban J connectivity index is 2.87. The monoisotopic (exact) mass is 377 g/mol. The molecule has 4 nitrogen and oxygen atoms in total. The molecule has 0 aromatic heterocycles. The maximum absolute atomic E-state index is 11.8. The van der Waals surface area contributed by atoms with Gasteiger partial charge in [-0.2, -0.15) is 0 Å². The van der Waals surface area contributed by atoms with Crippen LogP contribution in [0.1, 0.15) is 26.3 Å². The molecule has 0 heterocycles. The molecule has 0 aliphatic heterocycles. The summed E-state index contributed by atoms with van der Waals surface area (Å²) >= 11 is 3.54. The van der Waals surface area contributed by atoms with Crippen LogP contribution in [0.5, 0.6) is 5.75 Å². The van der Waals surface area contributed by atoms with Gasteiger partial charge < -0.3 is 4.74 Å². The third-order valence-corrected chi connectivity index (χ3v) is 6.23. The van der Waals surface area contributed by atoms with Gasteiger partial charge in [-0.25, -0.2) is 8.42 Å². The van der Waals surface area contributed by atoms with E-state index in [1.807, 2.05) is 32.0 Å². The van der Waals surface area contributed by atoms with Crippen molar-refractivity contribution in [3.8, 4) is 5.75 Å². The second kappa shape index (κ2) is 8.15. The van der Waals surface area contributed by atoms with Crippen molar-refractivity contribution in [2.45, 2.75) is 33.4 Å². The summed E-state index contributed by atoms with van der Waals surface area (Å²) in [5, 5.41) is 0. The van der Waals surface area contributed by atoms with Crippen molar-refractivity contribution in [3.63, 3.8) is 0 Å². The van der Waals surface area contributed by atoms with E-state index in [0.717, 1.165) is 22.3 Å². The molecule has 0 bridgehead atoms. The van der Waals surface area contributed by atoms with Crippen LogP contribution >= 0.6 is 15.9 Å². The maximum Gasteiger partial charge on any atom is 0.151 e. The predicted octanol–water partition coefficient (Wildman–Crippen LogP) is 3.10. The number of sulfone groups is 1. The zero-order valence-electron chi connectivity index (χ0n) is 13.1. The number of hydrogen-bond donors (Lipinski definition) is 0. The highest BCUT2D eigenvalue weighted by atomic mass is 79.9. The van der Waals surface area contributed by atoms with Gasteiger partial charge in [-0.3, -0.25) is 4.90 Å². The summed E-state index contributed by atoms with van der Waals surface area (Å²) < 4.78 is 29.8. The van der Waals surface area contributed by atoms with Gasteiger partial charge in [0.05, 0.1) is 12.9 Å². The van der Waals surface area contributed by atoms with Crippen LogP contribution in [-0.2, 0) is 16.4 Å². The number of rotatable bonds is 8. The number of benzene rings is 1. The zero-order chi connectivity index (χ0) is 16.0. The first-order valence-electron chi connectivity index (χ1n) is 7.09. The molecule has 6 heteroatoms. The van der Waals surface area contributed by atoms with E-state index < -0.39 is 9.84 Å². The topological polar surface area (TPSA) is 46.6 Å². The Kier molecular flexibility index (Phi) is 7.16. The average molecular weight is 378 g/mol. The molecule has 0 aliphatic rings. The molecule has 0 amide bonds. The molecule has 0 aliphatic carbocycles. The molecular weight excluding hydrogens is 354 g/mol. The molecule has 0 fully saturated rings. The van der Waals surface area contributed by atoms with Crippen molar-refractivity contribution >= 4 is 25.8 Å². The number of nitrogens with zero attached hydrogens (tertiary/aromatic N) is 1. The highest BCUT2D eigenvalue weighted by Crippen LogP contribution is 2.24. The molecule has 0 saturated heterocycles. The summed E-state index contributed by atoms with van der Waals surface area (Å²) in [6.07, 6.45) is 0. The molecule has 1 rings (SSSR count). The zero-order valence-corrected chi connectivity index (χ0v) is 15.5. The SMILES string of the molecule is CCN(Cc1cc(OC)ccc1Br)[C@H](C)CS(=O)(=O)CC. The van der Waals surface area contributed by atoms with Crippen molar-refractivity contribution in [1.82, 2.24) is 4.90 Å². The summed E-state index contributed by atoms with van der Waals surface area (Å²) in [7, 11) is -1.33. The Labute approximate surface area is 136 Å². The van der Waals surface area contributed by atoms with E-state index in [1.54, 1.807) is 14.0 Å². The van der Waals surface area contributed by atoms with Crippen LogP contribution in [0.25, 0.3) is 0 Å². The molecule has 0 saturated carbocycles. The summed E-state index contributed by atoms with van der Waals surface area (Å²) in [6.45, 7) is 7.18. The van der Waals surface area contributed by atoms with Gasteiger partial charge in [0.1, 0.15) is 5.75 Å². The first-order valence-corrected chi connectivity index (χ1v) is 9.71. The lowest BCUT2D eigenvalue weighted by Gasteiger charge is -2.28. The van der Waals surface area contributed by atoms with Crippen molar-refractivity contribution in [2.75, 3.05) is 25.2 Å². The molecule has 1 atom stereocenters. The first-order chi connectivity index (χ1) is 9.82. The number of hydrogen-bond acceptors (Lipinski definition) is 4. The Morgan fingerprint density at radius 3 is 2.52 bits per heavy atom. The highest BCUT2D eigenvalue weighted by molar-refractivity contribution is 9.10. The van der Waals surface area contributed by atoms with Gasteiger partial charge in [0, 0.05) is 22.8 Å². The lowest BCUT2D eigenvalue weighted by molar-refractivity contribution is 0.225. The molecule has 0 radical (unpaired) electrons. The van der Waals surface area contributed by atoms with Gasteiger partial charge >= 0.3 is 0 Å². The third-order valence-electron chi connectivity index (χ3n) is 3.59. The summed E-state index contributed by atoms with van der Waals surface area (Å²) in [4.78, 5) is 2.16. The van der Waals surface area contributed by atoms with Gasteiger partial charge in [0.2, 0.25) is 0 Å². The van der Waals surface area contributed by atoms with Crippen LogP contribution in [0.2, 0.25) is 0 Å². The van der Waals surface area contributed by atoms with Gasteiger partial charge in [-0.15, -0.1) is 0 Å². The first kappa shape index (κ1) is 18.5. The minimum absolute atomic E-state index is 0.0157. The summed E-state index contributed by atoms with van der Waals surface area (Å²) in [6, 6.07) is 5.82. The molecule has 0 unspecified atom stereocenters. The summed E-state index contributed by atoms with van der Waals surface area (Å²) in [5.41, 5.74) is 1.09. The van der Waals surface area contributed by atoms with E-state index in [0.29, 0.717) is 6.54 Å². The maximum atomic E-state index is 11.8. The quantitative estimate of drug-likeness (QED) is 0.698. The molecule has 0 spiro atoms. The van der Waals surface area contributed by atoms with E-state index >= 15 is 0 Å². The smallest absolute Gasteiger partial charge is 0.151 e. The Morgan fingerprint density at radius 2 is 2.00 bits per heavy atom. The lowest BCUT2D eigenvalue weighted by Crippen LogP contribution is -2.38. The average Bonchev–Trinajstić information content (AvgIpc) is 2.45. The third kappa shape index (κ3) is 5.60. The van der Waals surface area contributed by atoms with E-state index in [9.17, 15) is 8.42 Å². The Hall–Kier alpha value is -0.590. The van der Waals surface area contributed by atoms with E-state index in [-0.39, 0.29) is 17.5 Å². The lowest BCUT2D eigenvalue weighted by atomic mass is 10.2. The minimum atomic E-state index is -2.97. The minimum Gasteiger partial charge on any atom is -0.497 e. The molecular formula is C15H24BrNO3S. The normalized spacial score (nSPS) is 13.4. The van der Waals surface area contributed by atoms with E-state index in [4.69, 9.17) is 4.74 Å². The fourth-order valence-corrected chi connectivity index (χ4v) is 3.74. The number of halogens is 1.